The number of ether oxygens (including phenoxy) is 1. The van der Waals surface area contributed by atoms with E-state index in [1.54, 1.807) is 18.2 Å². The smallest absolute Gasteiger partial charge is 0.341 e. The number of carbonyl (C=O) groups is 2. The molecule has 18 heavy (non-hydrogen) atoms. The summed E-state index contributed by atoms with van der Waals surface area (Å²) >= 11 is 5.38. The average Bonchev–Trinajstić information content (AvgIpc) is 2.36. The number of phenols is 1. The maximum atomic E-state index is 11.4. The summed E-state index contributed by atoms with van der Waals surface area (Å²) in [6.07, 6.45) is 0. The third-order valence-corrected chi connectivity index (χ3v) is 2.81. The molecule has 5 heteroatoms. The van der Waals surface area contributed by atoms with E-state index in [2.05, 4.69) is 4.74 Å². The van der Waals surface area contributed by atoms with Gasteiger partial charge in [-0.25, -0.2) is 4.79 Å². The van der Waals surface area contributed by atoms with Crippen molar-refractivity contribution in [3.63, 3.8) is 0 Å². The molecule has 4 nitrogen and oxygen atoms in total. The minimum atomic E-state index is -0.642. The molecule has 0 saturated carbocycles. The fraction of sp³-hybridized carbons (Fsp3) is 0.0769. The third-order valence-electron chi connectivity index (χ3n) is 2.59. The molecule has 2 aromatic carbocycles. The quantitative estimate of drug-likeness (QED) is 0.669. The Kier molecular flexibility index (Phi) is 3.21. The number of hydrogen-bond donors (Lipinski definition) is 1. The van der Waals surface area contributed by atoms with Crippen LogP contribution in [-0.4, -0.2) is 23.4 Å². The summed E-state index contributed by atoms with van der Waals surface area (Å²) in [4.78, 5) is 22.5. The standard InChI is InChI=1S/C13H9ClO4/c1-18-13(17)10-5-9-4-8(12(14)16)3-2-7(9)6-11(10)15/h2-6,15H,1H3. The summed E-state index contributed by atoms with van der Waals surface area (Å²) in [6.45, 7) is 0. The van der Waals surface area contributed by atoms with Gasteiger partial charge in [-0.2, -0.15) is 0 Å². The Bertz CT molecular complexity index is 649. The first-order valence-corrected chi connectivity index (χ1v) is 5.45. The van der Waals surface area contributed by atoms with Crippen molar-refractivity contribution in [2.75, 3.05) is 7.11 Å². The van der Waals surface area contributed by atoms with E-state index in [1.807, 2.05) is 0 Å². The Morgan fingerprint density at radius 1 is 1.17 bits per heavy atom. The first-order chi connectivity index (χ1) is 8.52. The fourth-order valence-electron chi connectivity index (χ4n) is 1.68. The van der Waals surface area contributed by atoms with Crippen LogP contribution in [0.3, 0.4) is 0 Å². The number of rotatable bonds is 2. The van der Waals surface area contributed by atoms with Gasteiger partial charge in [0.05, 0.1) is 7.11 Å². The van der Waals surface area contributed by atoms with Crippen LogP contribution in [0.5, 0.6) is 5.75 Å². The Labute approximate surface area is 108 Å². The number of hydrogen-bond acceptors (Lipinski definition) is 4. The minimum absolute atomic E-state index is 0.0455. The van der Waals surface area contributed by atoms with Crippen LogP contribution in [0.1, 0.15) is 20.7 Å². The molecule has 0 bridgehead atoms. The predicted octanol–water partition coefficient (Wildman–Crippen LogP) is 2.71. The van der Waals surface area contributed by atoms with Crippen LogP contribution in [-0.2, 0) is 4.74 Å². The Morgan fingerprint density at radius 3 is 2.50 bits per heavy atom. The molecule has 0 aliphatic carbocycles. The highest BCUT2D eigenvalue weighted by molar-refractivity contribution is 6.67. The van der Waals surface area contributed by atoms with Gasteiger partial charge in [0, 0.05) is 5.56 Å². The van der Waals surface area contributed by atoms with Crippen LogP contribution < -0.4 is 0 Å². The second kappa shape index (κ2) is 4.66. The van der Waals surface area contributed by atoms with E-state index >= 15 is 0 Å². The average molecular weight is 265 g/mol. The van der Waals surface area contributed by atoms with Gasteiger partial charge in [0.25, 0.3) is 5.24 Å². The topological polar surface area (TPSA) is 63.6 Å². The van der Waals surface area contributed by atoms with E-state index < -0.39 is 11.2 Å². The molecule has 0 spiro atoms. The molecule has 0 unspecified atom stereocenters. The first kappa shape index (κ1) is 12.4. The van der Waals surface area contributed by atoms with E-state index in [-0.39, 0.29) is 11.3 Å². The third kappa shape index (κ3) is 2.15. The van der Waals surface area contributed by atoms with Crippen LogP contribution in [0.4, 0.5) is 0 Å². The van der Waals surface area contributed by atoms with Crippen LogP contribution in [0.25, 0.3) is 10.8 Å². The second-order valence-corrected chi connectivity index (χ2v) is 4.04. The monoisotopic (exact) mass is 264 g/mol. The van der Waals surface area contributed by atoms with Crippen molar-refractivity contribution in [3.05, 3.63) is 41.5 Å². The molecule has 0 aliphatic heterocycles. The lowest BCUT2D eigenvalue weighted by Crippen LogP contribution is -2.01. The molecule has 0 heterocycles. The van der Waals surface area contributed by atoms with Gasteiger partial charge in [0.15, 0.2) is 0 Å². The number of benzene rings is 2. The highest BCUT2D eigenvalue weighted by Gasteiger charge is 2.13. The summed E-state index contributed by atoms with van der Waals surface area (Å²) < 4.78 is 4.55. The lowest BCUT2D eigenvalue weighted by molar-refractivity contribution is 0.0597. The van der Waals surface area contributed by atoms with Crippen LogP contribution in [0.2, 0.25) is 0 Å². The maximum absolute atomic E-state index is 11.4. The zero-order chi connectivity index (χ0) is 13.3. The summed E-state index contributed by atoms with van der Waals surface area (Å²) in [5.74, 6) is -0.809. The number of esters is 1. The van der Waals surface area contributed by atoms with Crippen LogP contribution in [0, 0.1) is 0 Å². The predicted molar refractivity (Wildman–Crippen MR) is 67.1 cm³/mol. The Morgan fingerprint density at radius 2 is 1.89 bits per heavy atom. The minimum Gasteiger partial charge on any atom is -0.507 e. The molecule has 2 rings (SSSR count). The summed E-state index contributed by atoms with van der Waals surface area (Å²) in [7, 11) is 1.23. The van der Waals surface area contributed by atoms with Crippen molar-refractivity contribution in [2.24, 2.45) is 0 Å². The second-order valence-electron chi connectivity index (χ2n) is 3.70. The van der Waals surface area contributed by atoms with Gasteiger partial charge >= 0.3 is 5.97 Å². The van der Waals surface area contributed by atoms with Gasteiger partial charge < -0.3 is 9.84 Å². The van der Waals surface area contributed by atoms with E-state index in [0.29, 0.717) is 16.3 Å². The van der Waals surface area contributed by atoms with Crippen molar-refractivity contribution in [1.29, 1.82) is 0 Å². The van der Waals surface area contributed by atoms with Gasteiger partial charge in [-0.1, -0.05) is 6.07 Å². The summed E-state index contributed by atoms with van der Waals surface area (Å²) in [6, 6.07) is 7.64. The highest BCUT2D eigenvalue weighted by Crippen LogP contribution is 2.26. The Hall–Kier alpha value is -2.07. The van der Waals surface area contributed by atoms with Crippen molar-refractivity contribution < 1.29 is 19.4 Å². The number of phenolic OH excluding ortho intramolecular Hbond substituents is 1. The van der Waals surface area contributed by atoms with Crippen molar-refractivity contribution in [1.82, 2.24) is 0 Å². The van der Waals surface area contributed by atoms with Crippen LogP contribution >= 0.6 is 11.6 Å². The molecule has 0 amide bonds. The van der Waals surface area contributed by atoms with Gasteiger partial charge in [0.2, 0.25) is 0 Å². The van der Waals surface area contributed by atoms with Crippen molar-refractivity contribution in [3.8, 4) is 5.75 Å². The van der Waals surface area contributed by atoms with Gasteiger partial charge in [-0.15, -0.1) is 0 Å². The molecule has 0 aromatic heterocycles. The largest absolute Gasteiger partial charge is 0.507 e. The number of fused-ring (bicyclic) bond motifs is 1. The lowest BCUT2D eigenvalue weighted by Gasteiger charge is -2.06. The van der Waals surface area contributed by atoms with E-state index in [9.17, 15) is 14.7 Å². The van der Waals surface area contributed by atoms with Crippen molar-refractivity contribution >= 4 is 33.6 Å². The molecule has 92 valence electrons. The molecule has 0 radical (unpaired) electrons. The number of aromatic hydroxyl groups is 1. The zero-order valence-corrected chi connectivity index (χ0v) is 10.2. The molecule has 0 saturated heterocycles. The number of methoxy groups -OCH3 is 1. The normalized spacial score (nSPS) is 10.3. The van der Waals surface area contributed by atoms with Gasteiger partial charge in [-0.05, 0) is 46.6 Å². The molecular weight excluding hydrogens is 256 g/mol. The van der Waals surface area contributed by atoms with E-state index in [4.69, 9.17) is 11.6 Å². The van der Waals surface area contributed by atoms with Crippen molar-refractivity contribution in [2.45, 2.75) is 0 Å². The lowest BCUT2D eigenvalue weighted by atomic mass is 10.0. The number of halogens is 1. The number of carbonyl (C=O) groups excluding carboxylic acids is 2. The van der Waals surface area contributed by atoms with Gasteiger partial charge in [0.1, 0.15) is 11.3 Å². The van der Waals surface area contributed by atoms with E-state index in [0.717, 1.165) is 0 Å². The zero-order valence-electron chi connectivity index (χ0n) is 9.44. The van der Waals surface area contributed by atoms with Gasteiger partial charge in [-0.3, -0.25) is 4.79 Å². The SMILES string of the molecule is COC(=O)c1cc2cc(C(=O)Cl)ccc2cc1O. The molecule has 2 aromatic rings. The summed E-state index contributed by atoms with van der Waals surface area (Å²) in [5.41, 5.74) is 0.370. The van der Waals surface area contributed by atoms with E-state index in [1.165, 1.54) is 19.2 Å². The molecular formula is C13H9ClO4. The fourth-order valence-corrected chi connectivity index (χ4v) is 1.80. The maximum Gasteiger partial charge on any atom is 0.341 e. The highest BCUT2D eigenvalue weighted by atomic mass is 35.5. The van der Waals surface area contributed by atoms with Crippen LogP contribution in [0.15, 0.2) is 30.3 Å². The Balaban J connectivity index is 2.66. The first-order valence-electron chi connectivity index (χ1n) is 5.08. The molecule has 0 fully saturated rings. The molecule has 0 aliphatic rings. The molecule has 0 atom stereocenters. The summed E-state index contributed by atoms with van der Waals surface area (Å²) in [5, 5.41) is 10.4. The molecule has 1 N–H and O–H groups in total.